The summed E-state index contributed by atoms with van der Waals surface area (Å²) in [5, 5.41) is 1.78. The van der Waals surface area contributed by atoms with Gasteiger partial charge in [0.1, 0.15) is 6.10 Å². The summed E-state index contributed by atoms with van der Waals surface area (Å²) in [7, 11) is -3.09. The summed E-state index contributed by atoms with van der Waals surface area (Å²) in [5.74, 6) is -0.758. The number of esters is 2. The van der Waals surface area contributed by atoms with Gasteiger partial charge in [-0.1, -0.05) is 155 Å². The highest BCUT2D eigenvalue weighted by atomic mass is 28.4. The lowest BCUT2D eigenvalue weighted by Gasteiger charge is -2.44. The van der Waals surface area contributed by atoms with Crippen LogP contribution in [0.4, 0.5) is 0 Å². The maximum atomic E-state index is 13.9. The zero-order valence-corrected chi connectivity index (χ0v) is 34.3. The van der Waals surface area contributed by atoms with E-state index in [9.17, 15) is 9.59 Å². The van der Waals surface area contributed by atoms with Crippen LogP contribution in [0, 0.1) is 0 Å². The average Bonchev–Trinajstić information content (AvgIpc) is 3.20. The van der Waals surface area contributed by atoms with E-state index in [0.29, 0.717) is 39.6 Å². The highest BCUT2D eigenvalue weighted by molar-refractivity contribution is 6.99. The van der Waals surface area contributed by atoms with Crippen LogP contribution in [0.1, 0.15) is 96.1 Å². The van der Waals surface area contributed by atoms with Crippen LogP contribution in [-0.2, 0) is 46.2 Å². The van der Waals surface area contributed by atoms with Crippen molar-refractivity contribution in [2.75, 3.05) is 26.4 Å². The van der Waals surface area contributed by atoms with Crippen molar-refractivity contribution < 1.29 is 33.0 Å². The number of benzene rings is 4. The van der Waals surface area contributed by atoms with E-state index in [2.05, 4.69) is 69.3 Å². The molecule has 4 aromatic rings. The molecule has 0 spiro atoms. The molecule has 4 aromatic carbocycles. The molecule has 0 radical (unpaired) electrons. The first-order chi connectivity index (χ1) is 26.8. The van der Waals surface area contributed by atoms with Gasteiger partial charge in [-0.15, -0.1) is 0 Å². The number of hydrogen-bond donors (Lipinski definition) is 0. The number of carbonyl (C=O) groups is 2. The fourth-order valence-electron chi connectivity index (χ4n) is 6.75. The molecule has 4 rings (SSSR count). The first-order valence-corrected chi connectivity index (χ1v) is 22.0. The maximum absolute atomic E-state index is 13.9. The normalized spacial score (nSPS) is 12.3. The van der Waals surface area contributed by atoms with Crippen molar-refractivity contribution in [2.24, 2.45) is 0 Å². The Balaban J connectivity index is 1.29. The molecule has 0 saturated heterocycles. The second kappa shape index (κ2) is 24.4. The first kappa shape index (κ1) is 43.6. The molecule has 0 aliphatic heterocycles. The molecule has 0 amide bonds. The molecule has 0 heterocycles. The van der Waals surface area contributed by atoms with E-state index in [4.69, 9.17) is 23.4 Å². The van der Waals surface area contributed by atoms with Gasteiger partial charge in [-0.3, -0.25) is 4.79 Å². The van der Waals surface area contributed by atoms with E-state index in [1.807, 2.05) is 72.8 Å². The molecular weight excluding hydrogens is 705 g/mol. The Bertz CT molecular complexity index is 1570. The second-order valence-corrected chi connectivity index (χ2v) is 19.4. The summed E-state index contributed by atoms with van der Waals surface area (Å²) in [6, 6.07) is 40.8. The third-order valence-electron chi connectivity index (χ3n) is 9.71. The van der Waals surface area contributed by atoms with E-state index in [1.165, 1.54) is 11.1 Å². The van der Waals surface area contributed by atoms with Gasteiger partial charge in [0.05, 0.1) is 26.4 Å². The molecule has 0 aliphatic carbocycles. The van der Waals surface area contributed by atoms with Crippen molar-refractivity contribution in [2.45, 2.75) is 109 Å². The Labute approximate surface area is 330 Å². The minimum atomic E-state index is -3.09. The van der Waals surface area contributed by atoms with Gasteiger partial charge in [-0.05, 0) is 71.5 Å². The molecule has 1 atom stereocenters. The van der Waals surface area contributed by atoms with Crippen molar-refractivity contribution in [1.29, 1.82) is 0 Å². The summed E-state index contributed by atoms with van der Waals surface area (Å²) < 4.78 is 30.3. The van der Waals surface area contributed by atoms with Gasteiger partial charge in [-0.2, -0.15) is 0 Å². The van der Waals surface area contributed by atoms with Crippen LogP contribution in [0.2, 0.25) is 5.04 Å². The third kappa shape index (κ3) is 15.2. The summed E-state index contributed by atoms with van der Waals surface area (Å²) in [5.41, 5.74) is 2.35. The zero-order chi connectivity index (χ0) is 39.0. The van der Waals surface area contributed by atoms with Gasteiger partial charge in [0.25, 0.3) is 8.32 Å². The zero-order valence-electron chi connectivity index (χ0n) is 33.3. The fourth-order valence-corrected chi connectivity index (χ4v) is 11.4. The van der Waals surface area contributed by atoms with Crippen LogP contribution >= 0.6 is 0 Å². The highest BCUT2D eigenvalue weighted by Crippen LogP contribution is 2.38. The lowest BCUT2D eigenvalue weighted by molar-refractivity contribution is -0.154. The number of ether oxygens (including phenoxy) is 4. The van der Waals surface area contributed by atoms with Crippen molar-refractivity contribution in [3.8, 4) is 0 Å². The van der Waals surface area contributed by atoms with Crippen LogP contribution in [0.25, 0.3) is 0 Å². The lowest BCUT2D eigenvalue weighted by atomic mass is 10.2. The SMILES string of the molecule is CC(C)(C)[Si](OC(CCC(=O)OCCCCCCOCc1ccccc1)C(=O)OCCCCCCOCc1ccccc1)(c1ccccc1)c1ccccc1. The predicted octanol–water partition coefficient (Wildman–Crippen LogP) is 9.35. The standard InChI is InChI=1S/C47H62O7Si/c1-47(2,3)55(42-28-16-10-17-29-42,43-30-18-11-19-31-43)54-44(46(49)53-37-23-7-5-21-35-51-39-41-26-14-9-15-27-41)32-33-45(48)52-36-22-6-4-20-34-50-38-40-24-12-8-13-25-40/h8-19,24-31,44H,4-7,20-23,32-39H2,1-3H3. The van der Waals surface area contributed by atoms with Gasteiger partial charge in [0.15, 0.2) is 0 Å². The summed E-state index contributed by atoms with van der Waals surface area (Å²) in [6.45, 7) is 9.82. The quantitative estimate of drug-likeness (QED) is 0.0358. The van der Waals surface area contributed by atoms with Crippen molar-refractivity contribution in [1.82, 2.24) is 0 Å². The second-order valence-electron chi connectivity index (χ2n) is 15.1. The molecule has 1 unspecified atom stereocenters. The van der Waals surface area contributed by atoms with Crippen LogP contribution < -0.4 is 10.4 Å². The minimum absolute atomic E-state index is 0.0638. The van der Waals surface area contributed by atoms with Gasteiger partial charge in [-0.25, -0.2) is 4.79 Å². The Kier molecular flexibility index (Phi) is 19.4. The van der Waals surface area contributed by atoms with Gasteiger partial charge >= 0.3 is 11.9 Å². The van der Waals surface area contributed by atoms with Crippen LogP contribution in [-0.4, -0.2) is 52.8 Å². The summed E-state index contributed by atoms with van der Waals surface area (Å²) in [6.07, 6.45) is 6.64. The van der Waals surface area contributed by atoms with Crippen molar-refractivity contribution in [3.05, 3.63) is 132 Å². The van der Waals surface area contributed by atoms with Crippen LogP contribution in [0.3, 0.4) is 0 Å². The van der Waals surface area contributed by atoms with E-state index < -0.39 is 20.4 Å². The smallest absolute Gasteiger partial charge is 0.334 e. The van der Waals surface area contributed by atoms with E-state index >= 15 is 0 Å². The molecule has 0 bridgehead atoms. The molecule has 0 aromatic heterocycles. The van der Waals surface area contributed by atoms with E-state index in [-0.39, 0.29) is 23.8 Å². The average molecular weight is 767 g/mol. The monoisotopic (exact) mass is 766 g/mol. The molecule has 0 aliphatic rings. The van der Waals surface area contributed by atoms with E-state index in [1.54, 1.807) is 0 Å². The minimum Gasteiger partial charge on any atom is -0.466 e. The Morgan fingerprint density at radius 3 is 1.36 bits per heavy atom. The Morgan fingerprint density at radius 2 is 0.927 bits per heavy atom. The van der Waals surface area contributed by atoms with Gasteiger partial charge in [0.2, 0.25) is 0 Å². The van der Waals surface area contributed by atoms with Crippen LogP contribution in [0.5, 0.6) is 0 Å². The van der Waals surface area contributed by atoms with Crippen molar-refractivity contribution in [3.63, 3.8) is 0 Å². The number of hydrogen-bond acceptors (Lipinski definition) is 7. The summed E-state index contributed by atoms with van der Waals surface area (Å²) in [4.78, 5) is 26.9. The molecule has 55 heavy (non-hydrogen) atoms. The largest absolute Gasteiger partial charge is 0.466 e. The molecule has 7 nitrogen and oxygen atoms in total. The fraction of sp³-hybridized carbons (Fsp3) is 0.447. The number of rotatable bonds is 26. The van der Waals surface area contributed by atoms with Crippen molar-refractivity contribution >= 4 is 30.6 Å². The molecule has 8 heteroatoms. The molecule has 0 fully saturated rings. The molecule has 296 valence electrons. The topological polar surface area (TPSA) is 80.3 Å². The van der Waals surface area contributed by atoms with Crippen LogP contribution in [0.15, 0.2) is 121 Å². The molecule has 0 saturated carbocycles. The molecule has 0 N–H and O–H groups in total. The van der Waals surface area contributed by atoms with Gasteiger partial charge in [0, 0.05) is 19.6 Å². The van der Waals surface area contributed by atoms with Gasteiger partial charge < -0.3 is 23.4 Å². The number of carbonyl (C=O) groups excluding carboxylic acids is 2. The first-order valence-electron chi connectivity index (χ1n) is 20.1. The molecular formula is C47H62O7Si. The Hall–Kier alpha value is -4.08. The highest BCUT2D eigenvalue weighted by Gasteiger charge is 2.52. The summed E-state index contributed by atoms with van der Waals surface area (Å²) >= 11 is 0. The number of unbranched alkanes of at least 4 members (excludes halogenated alkanes) is 6. The van der Waals surface area contributed by atoms with E-state index in [0.717, 1.165) is 61.7 Å². The maximum Gasteiger partial charge on any atom is 0.334 e. The third-order valence-corrected chi connectivity index (χ3v) is 14.7. The Morgan fingerprint density at radius 1 is 0.527 bits per heavy atom. The predicted molar refractivity (Wildman–Crippen MR) is 223 cm³/mol. The lowest BCUT2D eigenvalue weighted by Crippen LogP contribution is -2.68.